The summed E-state index contributed by atoms with van der Waals surface area (Å²) in [5.74, 6) is 0. The highest BCUT2D eigenvalue weighted by Crippen LogP contribution is 2.36. The van der Waals surface area contributed by atoms with E-state index in [0.717, 1.165) is 0 Å². The maximum Gasteiger partial charge on any atom is 0.698 e. The van der Waals surface area contributed by atoms with Crippen molar-refractivity contribution in [2.75, 3.05) is 7.11 Å². The van der Waals surface area contributed by atoms with E-state index in [0.29, 0.717) is 12.8 Å². The van der Waals surface area contributed by atoms with Crippen LogP contribution in [-0.4, -0.2) is 20.8 Å². The van der Waals surface area contributed by atoms with Crippen LogP contribution < -0.4 is 0 Å². The maximum absolute atomic E-state index is 10.9. The Hall–Kier alpha value is 0.130. The van der Waals surface area contributed by atoms with Crippen LogP contribution >= 0.6 is 8.25 Å². The molecule has 0 aliphatic carbocycles. The maximum atomic E-state index is 10.9. The molecule has 1 N–H and O–H groups in total. The van der Waals surface area contributed by atoms with Gasteiger partial charge < -0.3 is 4.55 Å². The van der Waals surface area contributed by atoms with Crippen LogP contribution in [0.15, 0.2) is 0 Å². The van der Waals surface area contributed by atoms with Crippen LogP contribution in [0, 0.1) is 0 Å². The quantitative estimate of drug-likeness (QED) is 0.557. The van der Waals surface area contributed by atoms with Crippen molar-refractivity contribution in [2.45, 2.75) is 31.6 Å². The van der Waals surface area contributed by atoms with Gasteiger partial charge in [-0.05, 0) is 12.8 Å². The van der Waals surface area contributed by atoms with E-state index >= 15 is 0 Å². The molecule has 0 amide bonds. The molecule has 0 aromatic rings. The lowest BCUT2D eigenvalue weighted by Crippen LogP contribution is -2.33. The summed E-state index contributed by atoms with van der Waals surface area (Å²) < 4.78 is 40.1. The third kappa shape index (κ3) is 3.40. The number of hydrogen-bond donors (Lipinski definition) is 1. The highest BCUT2D eigenvalue weighted by atomic mass is 32.2. The number of hydrogen-bond acceptors (Lipinski definition) is 4. The molecule has 0 spiro atoms. The minimum atomic E-state index is -2.31. The Morgan fingerprint density at radius 3 is 2.15 bits per heavy atom. The van der Waals surface area contributed by atoms with Crippen molar-refractivity contribution in [3.8, 4) is 0 Å². The van der Waals surface area contributed by atoms with Gasteiger partial charge in [0, 0.05) is 4.57 Å². The van der Waals surface area contributed by atoms with Crippen LogP contribution in [0.4, 0.5) is 0 Å². The molecule has 2 unspecified atom stereocenters. The molecular formula is C6H14O5PS+. The molecule has 0 aliphatic rings. The molecule has 0 fully saturated rings. The van der Waals surface area contributed by atoms with E-state index in [1.54, 1.807) is 13.8 Å². The highest BCUT2D eigenvalue weighted by molar-refractivity contribution is 7.80. The molecule has 5 nitrogen and oxygen atoms in total. The van der Waals surface area contributed by atoms with Crippen LogP contribution in [0.5, 0.6) is 0 Å². The van der Waals surface area contributed by atoms with Gasteiger partial charge in [0.15, 0.2) is 11.1 Å². The van der Waals surface area contributed by atoms with Gasteiger partial charge in [0.2, 0.25) is 4.93 Å². The van der Waals surface area contributed by atoms with Crippen LogP contribution in [0.3, 0.4) is 0 Å². The summed E-state index contributed by atoms with van der Waals surface area (Å²) in [5, 5.41) is 0. The summed E-state index contributed by atoms with van der Waals surface area (Å²) in [6.07, 6.45) is 0.605. The predicted molar refractivity (Wildman–Crippen MR) is 49.8 cm³/mol. The molecule has 0 heterocycles. The van der Waals surface area contributed by atoms with Gasteiger partial charge in [-0.25, -0.2) is 4.21 Å². The Kier molecular flexibility index (Phi) is 5.83. The second-order valence-electron chi connectivity index (χ2n) is 2.36. The van der Waals surface area contributed by atoms with E-state index in [4.69, 9.17) is 9.08 Å². The first-order valence-corrected chi connectivity index (χ1v) is 6.04. The molecule has 0 aromatic carbocycles. The summed E-state index contributed by atoms with van der Waals surface area (Å²) >= 11 is -2.17. The largest absolute Gasteiger partial charge is 0.698 e. The zero-order chi connectivity index (χ0) is 10.5. The van der Waals surface area contributed by atoms with Gasteiger partial charge in [0.05, 0.1) is 7.11 Å². The smallest absolute Gasteiger partial charge is 0.304 e. The molecule has 0 saturated heterocycles. The van der Waals surface area contributed by atoms with E-state index in [-0.39, 0.29) is 0 Å². The van der Waals surface area contributed by atoms with Gasteiger partial charge in [-0.1, -0.05) is 18.4 Å². The van der Waals surface area contributed by atoms with Crippen LogP contribution in [0.2, 0.25) is 0 Å². The number of rotatable bonds is 6. The molecule has 0 aromatic heterocycles. The Balaban J connectivity index is 4.57. The van der Waals surface area contributed by atoms with Crippen molar-refractivity contribution >= 4 is 19.3 Å². The van der Waals surface area contributed by atoms with Crippen molar-refractivity contribution in [3.63, 3.8) is 0 Å². The first-order valence-electron chi connectivity index (χ1n) is 3.83. The van der Waals surface area contributed by atoms with Crippen LogP contribution in [-0.2, 0) is 24.7 Å². The predicted octanol–water partition coefficient (Wildman–Crippen LogP) is 2.04. The van der Waals surface area contributed by atoms with E-state index in [2.05, 4.69) is 4.52 Å². The molecule has 13 heavy (non-hydrogen) atoms. The van der Waals surface area contributed by atoms with Crippen LogP contribution in [0.25, 0.3) is 0 Å². The van der Waals surface area contributed by atoms with Crippen molar-refractivity contribution < 1.29 is 22.4 Å². The molecular weight excluding hydrogens is 215 g/mol. The summed E-state index contributed by atoms with van der Waals surface area (Å²) in [6, 6.07) is 0. The lowest BCUT2D eigenvalue weighted by molar-refractivity contribution is 0.126. The van der Waals surface area contributed by atoms with Crippen LogP contribution in [0.1, 0.15) is 26.7 Å². The zero-order valence-corrected chi connectivity index (χ0v) is 9.56. The van der Waals surface area contributed by atoms with Gasteiger partial charge in [0.1, 0.15) is 0 Å². The second kappa shape index (κ2) is 5.78. The van der Waals surface area contributed by atoms with E-state index in [9.17, 15) is 8.77 Å². The van der Waals surface area contributed by atoms with E-state index < -0.39 is 24.3 Å². The van der Waals surface area contributed by atoms with Crippen molar-refractivity contribution in [3.05, 3.63) is 0 Å². The Morgan fingerprint density at radius 1 is 1.46 bits per heavy atom. The van der Waals surface area contributed by atoms with Crippen molar-refractivity contribution in [1.82, 2.24) is 0 Å². The summed E-state index contributed by atoms with van der Waals surface area (Å²) in [6.45, 7) is 3.38. The second-order valence-corrected chi connectivity index (χ2v) is 4.60. The molecule has 78 valence electrons. The molecule has 0 radical (unpaired) electrons. The molecule has 0 aliphatic heterocycles. The molecule has 0 rings (SSSR count). The molecule has 7 heteroatoms. The summed E-state index contributed by atoms with van der Waals surface area (Å²) in [7, 11) is -1.10. The Labute approximate surface area is 81.0 Å². The zero-order valence-electron chi connectivity index (χ0n) is 7.85. The van der Waals surface area contributed by atoms with Gasteiger partial charge in [-0.3, -0.25) is 0 Å². The summed E-state index contributed by atoms with van der Waals surface area (Å²) in [5.41, 5.74) is 0. The van der Waals surface area contributed by atoms with Gasteiger partial charge >= 0.3 is 8.25 Å². The van der Waals surface area contributed by atoms with Crippen molar-refractivity contribution in [2.24, 2.45) is 0 Å². The average Bonchev–Trinajstić information content (AvgIpc) is 2.13. The standard InChI is InChI=1S/C6H13O5PS/c1-4-6(5-2,13(8)9)11-12(7)10-3/h4-5H2,1-3H3/p+1. The summed E-state index contributed by atoms with van der Waals surface area (Å²) in [4.78, 5) is -1.27. The van der Waals surface area contributed by atoms with Gasteiger partial charge in [-0.2, -0.15) is 0 Å². The third-order valence-electron chi connectivity index (χ3n) is 1.79. The minimum absolute atomic E-state index is 0.303. The fourth-order valence-corrected chi connectivity index (χ4v) is 2.37. The average molecular weight is 229 g/mol. The molecule has 0 bridgehead atoms. The topological polar surface area (TPSA) is 72.8 Å². The fraction of sp³-hybridized carbons (Fsp3) is 1.00. The van der Waals surface area contributed by atoms with Gasteiger partial charge in [0.25, 0.3) is 0 Å². The van der Waals surface area contributed by atoms with E-state index in [1.807, 2.05) is 0 Å². The Morgan fingerprint density at radius 2 is 1.92 bits per heavy atom. The first kappa shape index (κ1) is 13.1. The SMILES string of the molecule is CCC(CC)(O[P+](=O)OC)S(=O)O. The Bertz CT molecular complexity index is 203. The van der Waals surface area contributed by atoms with Crippen molar-refractivity contribution in [1.29, 1.82) is 0 Å². The minimum Gasteiger partial charge on any atom is -0.304 e. The molecule has 2 atom stereocenters. The monoisotopic (exact) mass is 229 g/mol. The fourth-order valence-electron chi connectivity index (χ4n) is 0.831. The molecule has 0 saturated carbocycles. The normalized spacial score (nSPS) is 15.5. The highest BCUT2D eigenvalue weighted by Gasteiger charge is 2.44. The lowest BCUT2D eigenvalue weighted by atomic mass is 10.2. The first-order chi connectivity index (χ1) is 6.02. The third-order valence-corrected chi connectivity index (χ3v) is 4.00. The van der Waals surface area contributed by atoms with E-state index in [1.165, 1.54) is 7.11 Å². The van der Waals surface area contributed by atoms with Gasteiger partial charge in [-0.15, -0.1) is 4.52 Å². The lowest BCUT2D eigenvalue weighted by Gasteiger charge is -2.19.